The second-order valence-corrected chi connectivity index (χ2v) is 9.06. The molecule has 2 atom stereocenters. The van der Waals surface area contributed by atoms with Gasteiger partial charge in [0.25, 0.3) is 0 Å². The third kappa shape index (κ3) is 5.88. The van der Waals surface area contributed by atoms with Gasteiger partial charge >= 0.3 is 12.2 Å². The molecule has 1 saturated carbocycles. The number of carbonyl (C=O) groups is 2. The quantitative estimate of drug-likeness (QED) is 0.654. The maximum atomic E-state index is 12.5. The number of ether oxygens (including phenoxy) is 1. The van der Waals surface area contributed by atoms with E-state index in [0.29, 0.717) is 18.7 Å². The lowest BCUT2D eigenvalue weighted by molar-refractivity contribution is 0.0695. The average Bonchev–Trinajstić information content (AvgIpc) is 2.58. The van der Waals surface area contributed by atoms with Crippen LogP contribution in [0.4, 0.5) is 9.59 Å². The number of benzene rings is 1. The highest BCUT2D eigenvalue weighted by atomic mass is 16.6. The van der Waals surface area contributed by atoms with Crippen LogP contribution in [-0.2, 0) is 12.8 Å². The van der Waals surface area contributed by atoms with E-state index in [1.165, 1.54) is 0 Å². The molecule has 3 N–H and O–H groups in total. The molecule has 1 aromatic carbocycles. The predicted octanol–water partition coefficient (Wildman–Crippen LogP) is 4.75. The Hall–Kier alpha value is -2.24. The Morgan fingerprint density at radius 2 is 1.75 bits per heavy atom. The van der Waals surface area contributed by atoms with Crippen LogP contribution in [0.3, 0.4) is 0 Å². The van der Waals surface area contributed by atoms with Gasteiger partial charge in [0.1, 0.15) is 5.75 Å². The summed E-state index contributed by atoms with van der Waals surface area (Å²) in [6.07, 6.45) is 2.53. The zero-order valence-corrected chi connectivity index (χ0v) is 17.7. The number of aryl methyl sites for hydroxylation is 2. The normalized spacial score (nSPS) is 23.7. The number of carbonyl (C=O) groups excluding carboxylic acids is 1. The van der Waals surface area contributed by atoms with Crippen molar-refractivity contribution in [2.24, 2.45) is 10.8 Å². The zero-order chi connectivity index (χ0) is 20.9. The Kier molecular flexibility index (Phi) is 6.96. The van der Waals surface area contributed by atoms with Gasteiger partial charge < -0.3 is 20.5 Å². The summed E-state index contributed by atoms with van der Waals surface area (Å²) in [7, 11) is 0. The smallest absolute Gasteiger partial charge is 0.412 e. The third-order valence-electron chi connectivity index (χ3n) is 5.57. The van der Waals surface area contributed by atoms with E-state index in [-0.39, 0.29) is 16.9 Å². The largest absolute Gasteiger partial charge is 0.465 e. The van der Waals surface area contributed by atoms with Gasteiger partial charge in [-0.25, -0.2) is 9.59 Å². The van der Waals surface area contributed by atoms with Crippen LogP contribution in [0.5, 0.6) is 5.75 Å². The van der Waals surface area contributed by atoms with Gasteiger partial charge in [-0.3, -0.25) is 0 Å². The number of carboxylic acid groups (broad SMARTS) is 1. The monoisotopic (exact) mass is 390 g/mol. The van der Waals surface area contributed by atoms with E-state index in [4.69, 9.17) is 9.84 Å². The Labute approximate surface area is 168 Å². The van der Waals surface area contributed by atoms with Crippen molar-refractivity contribution < 1.29 is 19.4 Å². The molecule has 0 bridgehead atoms. The molecule has 0 radical (unpaired) electrons. The summed E-state index contributed by atoms with van der Waals surface area (Å²) >= 11 is 0. The molecule has 156 valence electrons. The Morgan fingerprint density at radius 1 is 1.14 bits per heavy atom. The van der Waals surface area contributed by atoms with E-state index in [9.17, 15) is 9.59 Å². The maximum absolute atomic E-state index is 12.5. The van der Waals surface area contributed by atoms with Gasteiger partial charge in [0.15, 0.2) is 0 Å². The molecule has 0 heterocycles. The van der Waals surface area contributed by atoms with Crippen molar-refractivity contribution in [3.05, 3.63) is 29.3 Å². The molecule has 1 aliphatic rings. The van der Waals surface area contributed by atoms with Crippen molar-refractivity contribution in [1.82, 2.24) is 10.6 Å². The molecule has 1 aliphatic carbocycles. The van der Waals surface area contributed by atoms with Gasteiger partial charge in [-0.1, -0.05) is 52.8 Å². The van der Waals surface area contributed by atoms with Crippen LogP contribution in [-0.4, -0.2) is 29.9 Å². The van der Waals surface area contributed by atoms with Gasteiger partial charge in [-0.2, -0.15) is 0 Å². The second-order valence-electron chi connectivity index (χ2n) is 9.06. The van der Waals surface area contributed by atoms with Crippen molar-refractivity contribution in [2.75, 3.05) is 6.54 Å². The van der Waals surface area contributed by atoms with Gasteiger partial charge in [-0.05, 0) is 54.1 Å². The maximum Gasteiger partial charge on any atom is 0.412 e. The van der Waals surface area contributed by atoms with E-state index < -0.39 is 12.2 Å². The van der Waals surface area contributed by atoms with Crippen LogP contribution in [0.15, 0.2) is 18.2 Å². The predicted molar refractivity (Wildman–Crippen MR) is 110 cm³/mol. The van der Waals surface area contributed by atoms with Crippen molar-refractivity contribution >= 4 is 12.2 Å². The average molecular weight is 391 g/mol. The number of hydrogen-bond donors (Lipinski definition) is 3. The van der Waals surface area contributed by atoms with Crippen molar-refractivity contribution in [3.8, 4) is 5.75 Å². The molecule has 6 nitrogen and oxygen atoms in total. The minimum atomic E-state index is -0.999. The molecule has 28 heavy (non-hydrogen) atoms. The summed E-state index contributed by atoms with van der Waals surface area (Å²) in [5.74, 6) is 0.657. The third-order valence-corrected chi connectivity index (χ3v) is 5.57. The van der Waals surface area contributed by atoms with E-state index in [0.717, 1.165) is 36.8 Å². The van der Waals surface area contributed by atoms with Gasteiger partial charge in [0.2, 0.25) is 0 Å². The summed E-state index contributed by atoms with van der Waals surface area (Å²) in [6, 6.07) is 5.84. The van der Waals surface area contributed by atoms with E-state index >= 15 is 0 Å². The molecular formula is C22H34N2O4. The molecule has 0 aliphatic heterocycles. The molecule has 0 saturated heterocycles. The fourth-order valence-electron chi connectivity index (χ4n) is 4.79. The Morgan fingerprint density at radius 3 is 2.29 bits per heavy atom. The molecule has 1 fully saturated rings. The van der Waals surface area contributed by atoms with Gasteiger partial charge in [-0.15, -0.1) is 0 Å². The molecule has 2 amide bonds. The first-order chi connectivity index (χ1) is 13.1. The Bertz CT molecular complexity index is 694. The van der Waals surface area contributed by atoms with Crippen molar-refractivity contribution in [3.63, 3.8) is 0 Å². The molecule has 2 unspecified atom stereocenters. The minimum Gasteiger partial charge on any atom is -0.465 e. The van der Waals surface area contributed by atoms with E-state index in [1.54, 1.807) is 0 Å². The molecule has 6 heteroatoms. The van der Waals surface area contributed by atoms with E-state index in [1.807, 2.05) is 32.0 Å². The first kappa shape index (κ1) is 22.1. The highest BCUT2D eigenvalue weighted by molar-refractivity contribution is 5.71. The SMILES string of the molecule is CCc1cccc(CC)c1OC(=O)NCC1(C)CC(NC(=O)O)CC(C)(C)C1. The fourth-order valence-corrected chi connectivity index (χ4v) is 4.79. The zero-order valence-electron chi connectivity index (χ0n) is 17.7. The second kappa shape index (κ2) is 8.84. The van der Waals surface area contributed by atoms with Crippen molar-refractivity contribution in [1.29, 1.82) is 0 Å². The minimum absolute atomic E-state index is 0.00408. The lowest BCUT2D eigenvalue weighted by Crippen LogP contribution is -2.50. The molecule has 2 rings (SSSR count). The number of amides is 2. The molecule has 0 spiro atoms. The van der Waals surface area contributed by atoms with Gasteiger partial charge in [0.05, 0.1) is 0 Å². The fraction of sp³-hybridized carbons (Fsp3) is 0.636. The van der Waals surface area contributed by atoms with Crippen LogP contribution >= 0.6 is 0 Å². The van der Waals surface area contributed by atoms with Crippen LogP contribution < -0.4 is 15.4 Å². The topological polar surface area (TPSA) is 87.7 Å². The summed E-state index contributed by atoms with van der Waals surface area (Å²) in [5, 5.41) is 14.6. The number of para-hydroxylation sites is 1. The highest BCUT2D eigenvalue weighted by Gasteiger charge is 2.42. The first-order valence-corrected chi connectivity index (χ1v) is 10.1. The summed E-state index contributed by atoms with van der Waals surface area (Å²) in [5.41, 5.74) is 1.83. The van der Waals surface area contributed by atoms with Crippen LogP contribution in [0, 0.1) is 10.8 Å². The van der Waals surface area contributed by atoms with Crippen LogP contribution in [0.25, 0.3) is 0 Å². The van der Waals surface area contributed by atoms with Crippen LogP contribution in [0.1, 0.15) is 65.0 Å². The summed E-state index contributed by atoms with van der Waals surface area (Å²) in [4.78, 5) is 23.6. The number of rotatable bonds is 6. The Balaban J connectivity index is 2.04. The van der Waals surface area contributed by atoms with E-state index in [2.05, 4.69) is 31.4 Å². The number of hydrogen-bond acceptors (Lipinski definition) is 3. The molecular weight excluding hydrogens is 356 g/mol. The standard InChI is InChI=1S/C22H34N2O4/c1-6-15-9-8-10-16(7-2)18(15)28-20(27)23-14-22(5)12-17(24-19(25)26)11-21(3,4)13-22/h8-10,17,24H,6-7,11-14H2,1-5H3,(H,23,27)(H,25,26). The lowest BCUT2D eigenvalue weighted by atomic mass is 9.62. The number of nitrogens with one attached hydrogen (secondary N) is 2. The van der Waals surface area contributed by atoms with Crippen molar-refractivity contribution in [2.45, 2.75) is 72.8 Å². The lowest BCUT2D eigenvalue weighted by Gasteiger charge is -2.46. The van der Waals surface area contributed by atoms with Gasteiger partial charge in [0, 0.05) is 12.6 Å². The first-order valence-electron chi connectivity index (χ1n) is 10.1. The van der Waals surface area contributed by atoms with Crippen LogP contribution in [0.2, 0.25) is 0 Å². The molecule has 0 aromatic heterocycles. The highest BCUT2D eigenvalue weighted by Crippen LogP contribution is 2.45. The molecule has 1 aromatic rings. The summed E-state index contributed by atoms with van der Waals surface area (Å²) < 4.78 is 5.68. The summed E-state index contributed by atoms with van der Waals surface area (Å²) in [6.45, 7) is 10.9.